The number of carbonyl (C=O) groups excluding carboxylic acids is 2. The first-order chi connectivity index (χ1) is 15.4. The van der Waals surface area contributed by atoms with Gasteiger partial charge in [0, 0.05) is 40.0 Å². The molecule has 1 aliphatic rings. The van der Waals surface area contributed by atoms with Crippen molar-refractivity contribution in [3.63, 3.8) is 0 Å². The van der Waals surface area contributed by atoms with Crippen molar-refractivity contribution in [2.75, 3.05) is 26.7 Å². The van der Waals surface area contributed by atoms with Gasteiger partial charge >= 0.3 is 5.97 Å². The molecular formula is C23H34N4O5S. The minimum atomic E-state index is -3.54. The number of rotatable bonds is 7. The number of piperidine rings is 1. The first-order valence-electron chi connectivity index (χ1n) is 11.3. The highest BCUT2D eigenvalue weighted by atomic mass is 32.2. The van der Waals surface area contributed by atoms with Crippen molar-refractivity contribution in [3.8, 4) is 0 Å². The van der Waals surface area contributed by atoms with Crippen LogP contribution in [0.5, 0.6) is 0 Å². The number of hydrogen-bond donors (Lipinski definition) is 0. The van der Waals surface area contributed by atoms with Gasteiger partial charge in [0.25, 0.3) is 0 Å². The van der Waals surface area contributed by atoms with Crippen LogP contribution in [0.2, 0.25) is 0 Å². The van der Waals surface area contributed by atoms with Gasteiger partial charge in [-0.25, -0.2) is 13.4 Å². The summed E-state index contributed by atoms with van der Waals surface area (Å²) in [7, 11) is -0.125. The Kier molecular flexibility index (Phi) is 7.48. The number of imidazole rings is 1. The van der Waals surface area contributed by atoms with Gasteiger partial charge in [-0.2, -0.15) is 4.31 Å². The van der Waals surface area contributed by atoms with Crippen LogP contribution in [-0.2, 0) is 37.8 Å². The number of nitrogens with zero attached hydrogens (tertiary/aromatic N) is 4. The molecule has 33 heavy (non-hydrogen) atoms. The third kappa shape index (κ3) is 6.11. The van der Waals surface area contributed by atoms with E-state index < -0.39 is 21.6 Å². The van der Waals surface area contributed by atoms with Gasteiger partial charge in [-0.15, -0.1) is 0 Å². The number of carbonyl (C=O) groups is 2. The highest BCUT2D eigenvalue weighted by Gasteiger charge is 2.27. The number of benzene rings is 1. The van der Waals surface area contributed by atoms with Crippen LogP contribution in [0.4, 0.5) is 0 Å². The molecule has 1 amide bonds. The average Bonchev–Trinajstić information content (AvgIpc) is 3.06. The number of aryl methyl sites for hydroxylation is 2. The van der Waals surface area contributed by atoms with E-state index in [0.29, 0.717) is 30.9 Å². The summed E-state index contributed by atoms with van der Waals surface area (Å²) in [5.41, 5.74) is 0.784. The molecule has 182 valence electrons. The predicted octanol–water partition coefficient (Wildman–Crippen LogP) is 2.48. The molecule has 0 bridgehead atoms. The number of hydrogen-bond acceptors (Lipinski definition) is 6. The molecule has 1 saturated heterocycles. The molecule has 0 aliphatic carbocycles. The van der Waals surface area contributed by atoms with Crippen molar-refractivity contribution in [1.82, 2.24) is 18.8 Å². The van der Waals surface area contributed by atoms with Crippen molar-refractivity contribution < 1.29 is 22.7 Å². The summed E-state index contributed by atoms with van der Waals surface area (Å²) in [6.07, 6.45) is 3.36. The molecule has 1 aromatic heterocycles. The van der Waals surface area contributed by atoms with E-state index in [-0.39, 0.29) is 23.8 Å². The molecular weight excluding hydrogens is 444 g/mol. The number of sulfonamides is 1. The normalized spacial score (nSPS) is 15.5. The van der Waals surface area contributed by atoms with Crippen molar-refractivity contribution in [2.45, 2.75) is 63.4 Å². The molecule has 2 heterocycles. The van der Waals surface area contributed by atoms with Gasteiger partial charge in [0.05, 0.1) is 15.9 Å². The zero-order valence-electron chi connectivity index (χ0n) is 20.1. The van der Waals surface area contributed by atoms with Gasteiger partial charge in [-0.1, -0.05) is 6.42 Å². The number of esters is 1. The monoisotopic (exact) mass is 478 g/mol. The second kappa shape index (κ2) is 9.80. The Morgan fingerprint density at radius 3 is 2.45 bits per heavy atom. The fourth-order valence-corrected chi connectivity index (χ4v) is 5.47. The molecule has 1 aliphatic heterocycles. The van der Waals surface area contributed by atoms with Gasteiger partial charge < -0.3 is 14.2 Å². The van der Waals surface area contributed by atoms with Crippen LogP contribution in [0.25, 0.3) is 11.0 Å². The van der Waals surface area contributed by atoms with E-state index in [2.05, 4.69) is 4.98 Å². The quantitative estimate of drug-likeness (QED) is 0.567. The second-order valence-corrected chi connectivity index (χ2v) is 11.5. The van der Waals surface area contributed by atoms with Gasteiger partial charge in [-0.3, -0.25) is 9.59 Å². The molecule has 9 nitrogen and oxygen atoms in total. The summed E-state index contributed by atoms with van der Waals surface area (Å²) < 4.78 is 34.7. The molecule has 0 unspecified atom stereocenters. The van der Waals surface area contributed by atoms with Crippen LogP contribution < -0.4 is 0 Å². The summed E-state index contributed by atoms with van der Waals surface area (Å²) >= 11 is 0. The van der Waals surface area contributed by atoms with Crippen molar-refractivity contribution in [1.29, 1.82) is 0 Å². The fraction of sp³-hybridized carbons (Fsp3) is 0.609. The second-order valence-electron chi connectivity index (χ2n) is 9.54. The maximum atomic E-state index is 13.0. The molecule has 0 saturated carbocycles. The smallest absolute Gasteiger partial charge is 0.326 e. The average molecular weight is 479 g/mol. The zero-order valence-corrected chi connectivity index (χ0v) is 20.9. The first kappa shape index (κ1) is 25.2. The third-order valence-electron chi connectivity index (χ3n) is 5.67. The van der Waals surface area contributed by atoms with E-state index in [1.54, 1.807) is 50.3 Å². The maximum Gasteiger partial charge on any atom is 0.326 e. The summed E-state index contributed by atoms with van der Waals surface area (Å²) in [5.74, 6) is 0.0290. The number of ether oxygens (including phenoxy) is 1. The van der Waals surface area contributed by atoms with Crippen molar-refractivity contribution >= 4 is 32.9 Å². The number of aromatic nitrogens is 2. The first-order valence-corrected chi connectivity index (χ1v) is 12.7. The minimum Gasteiger partial charge on any atom is -0.459 e. The van der Waals surface area contributed by atoms with Gasteiger partial charge in [-0.05, 0) is 51.8 Å². The molecule has 2 aromatic rings. The molecule has 1 aromatic carbocycles. The lowest BCUT2D eigenvalue weighted by molar-refractivity contribution is -0.158. The van der Waals surface area contributed by atoms with E-state index in [0.717, 1.165) is 24.8 Å². The molecule has 0 radical (unpaired) electrons. The summed E-state index contributed by atoms with van der Waals surface area (Å²) in [6, 6.07) is 5.00. The molecule has 0 atom stereocenters. The van der Waals surface area contributed by atoms with Crippen molar-refractivity contribution in [2.24, 2.45) is 7.05 Å². The standard InChI is InChI=1S/C23H34N4O5S/c1-23(2,3)32-22(29)16-25(4)21(28)12-11-20-24-18-15-17(9-10-19(18)26(20)5)33(30,31)27-13-7-6-8-14-27/h9-10,15H,6-8,11-14,16H2,1-5H3. The molecule has 0 spiro atoms. The summed E-state index contributed by atoms with van der Waals surface area (Å²) in [6.45, 7) is 6.32. The Bertz CT molecular complexity index is 1130. The topological polar surface area (TPSA) is 102 Å². The Morgan fingerprint density at radius 2 is 1.82 bits per heavy atom. The summed E-state index contributed by atoms with van der Waals surface area (Å²) in [4.78, 5) is 30.6. The van der Waals surface area contributed by atoms with E-state index in [1.165, 1.54) is 4.90 Å². The van der Waals surface area contributed by atoms with E-state index >= 15 is 0 Å². The van der Waals surface area contributed by atoms with E-state index in [4.69, 9.17) is 4.74 Å². The summed E-state index contributed by atoms with van der Waals surface area (Å²) in [5, 5.41) is 0. The maximum absolute atomic E-state index is 13.0. The molecule has 1 fully saturated rings. The Morgan fingerprint density at radius 1 is 1.15 bits per heavy atom. The highest BCUT2D eigenvalue weighted by Crippen LogP contribution is 2.25. The lowest BCUT2D eigenvalue weighted by Crippen LogP contribution is -2.36. The fourth-order valence-electron chi connectivity index (χ4n) is 3.93. The zero-order chi connectivity index (χ0) is 24.4. The van der Waals surface area contributed by atoms with Crippen LogP contribution in [0.1, 0.15) is 52.3 Å². The van der Waals surface area contributed by atoms with Gasteiger partial charge in [0.15, 0.2) is 0 Å². The number of fused-ring (bicyclic) bond motifs is 1. The predicted molar refractivity (Wildman–Crippen MR) is 125 cm³/mol. The van der Waals surface area contributed by atoms with E-state index in [9.17, 15) is 18.0 Å². The largest absolute Gasteiger partial charge is 0.459 e. The Labute approximate surface area is 195 Å². The van der Waals surface area contributed by atoms with Gasteiger partial charge in [0.2, 0.25) is 15.9 Å². The Hall–Kier alpha value is -2.46. The molecule has 10 heteroatoms. The lowest BCUT2D eigenvalue weighted by Gasteiger charge is -2.25. The Balaban J connectivity index is 1.68. The molecule has 0 N–H and O–H groups in total. The SMILES string of the molecule is CN(CC(=O)OC(C)(C)C)C(=O)CCc1nc2cc(S(=O)(=O)N3CCCCC3)ccc2n1C. The highest BCUT2D eigenvalue weighted by molar-refractivity contribution is 7.89. The number of likely N-dealkylation sites (N-methyl/N-ethyl adjacent to an activating group) is 1. The van der Waals surface area contributed by atoms with Crippen LogP contribution in [0.3, 0.4) is 0 Å². The van der Waals surface area contributed by atoms with Crippen LogP contribution in [0.15, 0.2) is 23.1 Å². The lowest BCUT2D eigenvalue weighted by atomic mass is 10.2. The van der Waals surface area contributed by atoms with Gasteiger partial charge in [0.1, 0.15) is 18.0 Å². The number of amides is 1. The van der Waals surface area contributed by atoms with Crippen molar-refractivity contribution in [3.05, 3.63) is 24.0 Å². The van der Waals surface area contributed by atoms with E-state index in [1.807, 2.05) is 11.6 Å². The van der Waals surface area contributed by atoms with Crippen LogP contribution >= 0.6 is 0 Å². The third-order valence-corrected chi connectivity index (χ3v) is 7.57. The van der Waals surface area contributed by atoms with Crippen LogP contribution in [-0.4, -0.2) is 71.3 Å². The van der Waals surface area contributed by atoms with Crippen LogP contribution in [0, 0.1) is 0 Å². The molecule has 3 rings (SSSR count). The minimum absolute atomic E-state index is 0.115.